The Kier molecular flexibility index (Phi) is 9.20. The Labute approximate surface area is 283 Å². The molecule has 2 N–H and O–H groups in total. The summed E-state index contributed by atoms with van der Waals surface area (Å²) < 4.78 is 11.7. The predicted molar refractivity (Wildman–Crippen MR) is 178 cm³/mol. The fourth-order valence-corrected chi connectivity index (χ4v) is 7.90. The van der Waals surface area contributed by atoms with Gasteiger partial charge in [0.05, 0.1) is 13.0 Å². The molecule has 0 unspecified atom stereocenters. The summed E-state index contributed by atoms with van der Waals surface area (Å²) in [6.07, 6.45) is -1.22. The number of β-lactam (4-membered cyclic amide) rings is 1. The highest BCUT2D eigenvalue weighted by atomic mass is 32.2. The Bertz CT molecular complexity index is 1650. The fourth-order valence-electron chi connectivity index (χ4n) is 6.21. The highest BCUT2D eigenvalue weighted by Crippen LogP contribution is 2.51. The van der Waals surface area contributed by atoms with Crippen LogP contribution in [0.1, 0.15) is 50.0 Å². The monoisotopic (exact) mass is 670 g/mol. The molecule has 3 saturated heterocycles. The molecule has 0 aromatic heterocycles. The number of esters is 1. The molecule has 0 saturated carbocycles. The number of alkyl carbamates (subject to hydrolysis) is 1. The Hall–Kier alpha value is -4.84. The first-order chi connectivity index (χ1) is 22.9. The molecular formula is C36H38N4O7S. The third-order valence-corrected chi connectivity index (χ3v) is 10.1. The molecule has 3 aromatic carbocycles. The second kappa shape index (κ2) is 13.3. The van der Waals surface area contributed by atoms with Crippen molar-refractivity contribution in [1.29, 1.82) is 0 Å². The molecule has 6 rings (SSSR count). The second-order valence-corrected chi connectivity index (χ2v) is 14.4. The second-order valence-electron chi connectivity index (χ2n) is 13.1. The molecular weight excluding hydrogens is 632 g/mol. The number of hydrogen-bond donors (Lipinski definition) is 2. The first kappa shape index (κ1) is 33.1. The van der Waals surface area contributed by atoms with Crippen molar-refractivity contribution in [2.24, 2.45) is 0 Å². The minimum Gasteiger partial charge on any atom is -0.450 e. The molecule has 0 radical (unpaired) electrons. The van der Waals surface area contributed by atoms with Crippen molar-refractivity contribution in [2.75, 3.05) is 13.1 Å². The van der Waals surface area contributed by atoms with Crippen LogP contribution < -0.4 is 10.6 Å². The van der Waals surface area contributed by atoms with E-state index in [1.54, 1.807) is 20.8 Å². The number of ether oxygens (including phenoxy) is 2. The number of thioether (sulfide) groups is 1. The van der Waals surface area contributed by atoms with Crippen LogP contribution in [0.2, 0.25) is 0 Å². The quantitative estimate of drug-likeness (QED) is 0.260. The molecule has 12 heteroatoms. The number of hydrogen-bond acceptors (Lipinski definition) is 8. The van der Waals surface area contributed by atoms with Crippen LogP contribution in [0.3, 0.4) is 0 Å². The smallest absolute Gasteiger partial charge is 0.408 e. The van der Waals surface area contributed by atoms with E-state index in [9.17, 15) is 24.0 Å². The number of nitrogens with one attached hydrogen (secondary N) is 2. The summed E-state index contributed by atoms with van der Waals surface area (Å²) in [5.74, 6) is -1.86. The van der Waals surface area contributed by atoms with E-state index in [0.717, 1.165) is 28.5 Å². The third-order valence-electron chi connectivity index (χ3n) is 8.45. The average Bonchev–Trinajstić information content (AvgIpc) is 3.61. The summed E-state index contributed by atoms with van der Waals surface area (Å²) in [4.78, 5) is 68.8. The van der Waals surface area contributed by atoms with Crippen molar-refractivity contribution in [3.05, 3.63) is 108 Å². The lowest BCUT2D eigenvalue weighted by Gasteiger charge is -2.41. The van der Waals surface area contributed by atoms with E-state index in [2.05, 4.69) is 10.6 Å². The summed E-state index contributed by atoms with van der Waals surface area (Å²) in [6, 6.07) is 25.9. The van der Waals surface area contributed by atoms with Gasteiger partial charge in [0, 0.05) is 6.54 Å². The van der Waals surface area contributed by atoms with Gasteiger partial charge < -0.3 is 29.9 Å². The summed E-state index contributed by atoms with van der Waals surface area (Å²) >= 11 is 1.12. The molecule has 0 bridgehead atoms. The topological polar surface area (TPSA) is 134 Å². The van der Waals surface area contributed by atoms with Gasteiger partial charge in [0.15, 0.2) is 6.10 Å². The van der Waals surface area contributed by atoms with E-state index < -0.39 is 52.0 Å². The minimum absolute atomic E-state index is 0.0909. The molecule has 3 heterocycles. The van der Waals surface area contributed by atoms with Crippen LogP contribution in [0.4, 0.5) is 4.79 Å². The van der Waals surface area contributed by atoms with Crippen molar-refractivity contribution in [3.8, 4) is 0 Å². The van der Waals surface area contributed by atoms with Crippen LogP contribution in [0.5, 0.6) is 0 Å². The van der Waals surface area contributed by atoms with Gasteiger partial charge in [-0.3, -0.25) is 14.4 Å². The van der Waals surface area contributed by atoms with E-state index in [-0.39, 0.29) is 37.7 Å². The Morgan fingerprint density at radius 1 is 0.875 bits per heavy atom. The van der Waals surface area contributed by atoms with E-state index in [1.165, 1.54) is 9.80 Å². The number of benzene rings is 3. The number of fused-ring (bicyclic) bond motifs is 1. The van der Waals surface area contributed by atoms with Gasteiger partial charge in [0.1, 0.15) is 23.1 Å². The van der Waals surface area contributed by atoms with Gasteiger partial charge in [-0.05, 0) is 43.9 Å². The van der Waals surface area contributed by atoms with Crippen LogP contribution in [0.25, 0.3) is 0 Å². The number of carbonyl (C=O) groups excluding carboxylic acids is 5. The van der Waals surface area contributed by atoms with E-state index in [4.69, 9.17) is 9.47 Å². The van der Waals surface area contributed by atoms with Crippen molar-refractivity contribution in [3.63, 3.8) is 0 Å². The minimum atomic E-state index is -1.64. The lowest BCUT2D eigenvalue weighted by atomic mass is 10.0. The molecule has 3 fully saturated rings. The Balaban J connectivity index is 1.28. The molecule has 0 aliphatic carbocycles. The molecule has 4 amide bonds. The molecule has 3 aliphatic rings. The van der Waals surface area contributed by atoms with Gasteiger partial charge in [-0.2, -0.15) is 0 Å². The molecule has 3 aliphatic heterocycles. The third kappa shape index (κ3) is 6.75. The summed E-state index contributed by atoms with van der Waals surface area (Å²) in [7, 11) is 0. The Morgan fingerprint density at radius 2 is 1.46 bits per heavy atom. The maximum atomic E-state index is 14.6. The van der Waals surface area contributed by atoms with Crippen molar-refractivity contribution in [1.82, 2.24) is 20.4 Å². The summed E-state index contributed by atoms with van der Waals surface area (Å²) in [5, 5.41) is 4.87. The van der Waals surface area contributed by atoms with Crippen LogP contribution in [0, 0.1) is 0 Å². The van der Waals surface area contributed by atoms with Gasteiger partial charge in [-0.1, -0.05) is 103 Å². The SMILES string of the molecule is CC(C)(C)OC(=O)N[C@H]1CCN([C@]2(C(=O)OC(c3ccccc3)c3ccccc3)CN3C(=O)[C@@H](NC(=O)Cc4ccccc4)[C@H]3S2)C1=O. The lowest BCUT2D eigenvalue weighted by Crippen LogP contribution is -2.67. The van der Waals surface area contributed by atoms with E-state index in [1.807, 2.05) is 91.0 Å². The standard InChI is InChI=1S/C36H38N4O7S/c1-35(2,3)47-34(45)37-26-19-20-40(30(26)42)36(33(44)46-29(24-15-9-5-10-16-24)25-17-11-6-12-18-25)22-39-31(43)28(32(39)48-36)38-27(41)21-23-13-7-4-8-14-23/h4-18,26,28-29,32H,19-22H2,1-3H3,(H,37,45)(H,38,41)/t26-,28+,32+,36+/m0/s1. The summed E-state index contributed by atoms with van der Waals surface area (Å²) in [5.41, 5.74) is 1.50. The molecule has 4 atom stereocenters. The zero-order chi connectivity index (χ0) is 34.1. The van der Waals surface area contributed by atoms with Crippen LogP contribution in [-0.4, -0.2) is 80.6 Å². The summed E-state index contributed by atoms with van der Waals surface area (Å²) in [6.45, 7) is 5.17. The maximum Gasteiger partial charge on any atom is 0.408 e. The number of likely N-dealkylation sites (tertiary alicyclic amines) is 1. The van der Waals surface area contributed by atoms with Crippen LogP contribution >= 0.6 is 11.8 Å². The highest BCUT2D eigenvalue weighted by molar-refractivity contribution is 8.02. The molecule has 3 aromatic rings. The zero-order valence-electron chi connectivity index (χ0n) is 27.0. The first-order valence-electron chi connectivity index (χ1n) is 15.9. The van der Waals surface area contributed by atoms with Gasteiger partial charge in [-0.15, -0.1) is 0 Å². The Morgan fingerprint density at radius 3 is 2.04 bits per heavy atom. The molecule has 11 nitrogen and oxygen atoms in total. The van der Waals surface area contributed by atoms with Crippen LogP contribution in [0.15, 0.2) is 91.0 Å². The van der Waals surface area contributed by atoms with Gasteiger partial charge >= 0.3 is 12.1 Å². The lowest BCUT2D eigenvalue weighted by molar-refractivity contribution is -0.162. The normalized spacial score (nSPS) is 23.4. The zero-order valence-corrected chi connectivity index (χ0v) is 27.8. The maximum absolute atomic E-state index is 14.6. The molecule has 48 heavy (non-hydrogen) atoms. The average molecular weight is 671 g/mol. The van der Waals surface area contributed by atoms with Crippen molar-refractivity contribution >= 4 is 41.5 Å². The van der Waals surface area contributed by atoms with E-state index >= 15 is 0 Å². The number of carbonyl (C=O) groups is 5. The number of amides is 4. The number of rotatable bonds is 9. The van der Waals surface area contributed by atoms with Crippen molar-refractivity contribution < 1.29 is 33.4 Å². The highest BCUT2D eigenvalue weighted by Gasteiger charge is 2.67. The predicted octanol–water partition coefficient (Wildman–Crippen LogP) is 3.78. The van der Waals surface area contributed by atoms with E-state index in [0.29, 0.717) is 0 Å². The largest absolute Gasteiger partial charge is 0.450 e. The first-order valence-corrected chi connectivity index (χ1v) is 16.8. The van der Waals surface area contributed by atoms with Gasteiger partial charge in [0.2, 0.25) is 22.6 Å². The van der Waals surface area contributed by atoms with Crippen LogP contribution in [-0.2, 0) is 35.1 Å². The van der Waals surface area contributed by atoms with Crippen molar-refractivity contribution in [2.45, 2.75) is 67.6 Å². The van der Waals surface area contributed by atoms with Gasteiger partial charge in [0.25, 0.3) is 0 Å². The fraction of sp³-hybridized carbons (Fsp3) is 0.361. The van der Waals surface area contributed by atoms with Gasteiger partial charge in [-0.25, -0.2) is 9.59 Å². The number of nitrogens with zero attached hydrogens (tertiary/aromatic N) is 2. The molecule has 0 spiro atoms. The molecule has 250 valence electrons.